The second kappa shape index (κ2) is 5.79. The third-order valence-corrected chi connectivity index (χ3v) is 4.48. The maximum atomic E-state index is 10.2. The highest BCUT2D eigenvalue weighted by Crippen LogP contribution is 2.33. The Labute approximate surface area is 118 Å². The molecule has 3 rings (SSSR count). The van der Waals surface area contributed by atoms with E-state index in [2.05, 4.69) is 15.0 Å². The van der Waals surface area contributed by atoms with E-state index < -0.39 is 5.60 Å². The van der Waals surface area contributed by atoms with Crippen molar-refractivity contribution in [1.82, 2.24) is 15.0 Å². The average Bonchev–Trinajstić information content (AvgIpc) is 3.09. The summed E-state index contributed by atoms with van der Waals surface area (Å²) in [5, 5.41) is 23.5. The van der Waals surface area contributed by atoms with Gasteiger partial charge in [-0.3, -0.25) is 4.90 Å². The molecule has 20 heavy (non-hydrogen) atoms. The molecule has 0 unspecified atom stereocenters. The maximum absolute atomic E-state index is 10.2. The fourth-order valence-electron chi connectivity index (χ4n) is 3.34. The first kappa shape index (κ1) is 14.0. The molecule has 1 aliphatic heterocycles. The van der Waals surface area contributed by atoms with Crippen molar-refractivity contribution in [2.45, 2.75) is 56.6 Å². The van der Waals surface area contributed by atoms with Crippen molar-refractivity contribution in [2.24, 2.45) is 0 Å². The quantitative estimate of drug-likeness (QED) is 0.858. The van der Waals surface area contributed by atoms with E-state index in [1.54, 1.807) is 0 Å². The van der Waals surface area contributed by atoms with Crippen molar-refractivity contribution >= 4 is 0 Å². The van der Waals surface area contributed by atoms with Crippen molar-refractivity contribution in [2.75, 3.05) is 19.7 Å². The number of aliphatic hydroxyl groups excluding tert-OH is 1. The molecule has 1 atom stereocenters. The summed E-state index contributed by atoms with van der Waals surface area (Å²) in [5.41, 5.74) is -0.976. The first-order valence-electron chi connectivity index (χ1n) is 7.57. The van der Waals surface area contributed by atoms with Gasteiger partial charge in [-0.05, 0) is 32.2 Å². The third-order valence-electron chi connectivity index (χ3n) is 4.48. The molecule has 6 nitrogen and oxygen atoms in total. The van der Waals surface area contributed by atoms with Gasteiger partial charge in [0.15, 0.2) is 5.82 Å². The number of hydrogen-bond donors (Lipinski definition) is 2. The van der Waals surface area contributed by atoms with Crippen LogP contribution in [0.4, 0.5) is 0 Å². The van der Waals surface area contributed by atoms with Crippen LogP contribution in [0.1, 0.15) is 56.2 Å². The SMILES string of the molecule is OC[C@@]1(O)CCCN(Cc2noc(C3CCCC3)n2)C1. The second-order valence-corrected chi connectivity index (χ2v) is 6.23. The molecule has 0 bridgehead atoms. The molecule has 1 aromatic rings. The van der Waals surface area contributed by atoms with E-state index >= 15 is 0 Å². The Bertz CT molecular complexity index is 445. The van der Waals surface area contributed by atoms with Crippen LogP contribution < -0.4 is 0 Å². The van der Waals surface area contributed by atoms with Gasteiger partial charge in [0.2, 0.25) is 5.89 Å². The fourth-order valence-corrected chi connectivity index (χ4v) is 3.34. The Kier molecular flexibility index (Phi) is 4.05. The van der Waals surface area contributed by atoms with E-state index in [0.717, 1.165) is 31.7 Å². The molecular formula is C14H23N3O3. The summed E-state index contributed by atoms with van der Waals surface area (Å²) >= 11 is 0. The van der Waals surface area contributed by atoms with Crippen molar-refractivity contribution in [3.8, 4) is 0 Å². The number of nitrogens with zero attached hydrogens (tertiary/aromatic N) is 3. The van der Waals surface area contributed by atoms with Crippen LogP contribution in [0, 0.1) is 0 Å². The molecule has 0 amide bonds. The van der Waals surface area contributed by atoms with Crippen LogP contribution in [0.5, 0.6) is 0 Å². The predicted molar refractivity (Wildman–Crippen MR) is 72.1 cm³/mol. The Morgan fingerprint density at radius 2 is 2.10 bits per heavy atom. The van der Waals surface area contributed by atoms with Crippen molar-refractivity contribution in [1.29, 1.82) is 0 Å². The van der Waals surface area contributed by atoms with E-state index in [0.29, 0.717) is 31.3 Å². The van der Waals surface area contributed by atoms with Crippen LogP contribution in [0.15, 0.2) is 4.52 Å². The van der Waals surface area contributed by atoms with E-state index in [1.165, 1.54) is 12.8 Å². The van der Waals surface area contributed by atoms with Crippen LogP contribution in [0.3, 0.4) is 0 Å². The highest BCUT2D eigenvalue weighted by molar-refractivity contribution is 4.97. The number of hydrogen-bond acceptors (Lipinski definition) is 6. The Balaban J connectivity index is 1.60. The van der Waals surface area contributed by atoms with Crippen LogP contribution in [-0.4, -0.2) is 50.6 Å². The lowest BCUT2D eigenvalue weighted by Gasteiger charge is -2.37. The summed E-state index contributed by atoms with van der Waals surface area (Å²) in [6.07, 6.45) is 6.32. The normalized spacial score (nSPS) is 29.1. The van der Waals surface area contributed by atoms with Gasteiger partial charge in [-0.15, -0.1) is 0 Å². The lowest BCUT2D eigenvalue weighted by Crippen LogP contribution is -2.50. The monoisotopic (exact) mass is 281 g/mol. The fraction of sp³-hybridized carbons (Fsp3) is 0.857. The zero-order valence-corrected chi connectivity index (χ0v) is 11.8. The molecule has 6 heteroatoms. The molecule has 1 saturated heterocycles. The lowest BCUT2D eigenvalue weighted by atomic mass is 9.94. The van der Waals surface area contributed by atoms with Gasteiger partial charge in [0.1, 0.15) is 5.60 Å². The summed E-state index contributed by atoms with van der Waals surface area (Å²) < 4.78 is 5.37. The van der Waals surface area contributed by atoms with E-state index in [4.69, 9.17) is 4.52 Å². The summed E-state index contributed by atoms with van der Waals surface area (Å²) in [6, 6.07) is 0. The standard InChI is InChI=1S/C14H23N3O3/c18-10-14(19)6-3-7-17(9-14)8-12-15-13(20-16-12)11-4-1-2-5-11/h11,18-19H,1-10H2/t14-/m1/s1. The molecule has 2 heterocycles. The zero-order chi connectivity index (χ0) is 14.0. The molecule has 1 saturated carbocycles. The van der Waals surface area contributed by atoms with Crippen molar-refractivity contribution in [3.63, 3.8) is 0 Å². The van der Waals surface area contributed by atoms with Gasteiger partial charge in [-0.2, -0.15) is 4.98 Å². The van der Waals surface area contributed by atoms with Gasteiger partial charge in [0.05, 0.1) is 13.2 Å². The first-order valence-corrected chi connectivity index (χ1v) is 7.57. The second-order valence-electron chi connectivity index (χ2n) is 6.23. The van der Waals surface area contributed by atoms with Gasteiger partial charge in [-0.1, -0.05) is 18.0 Å². The van der Waals surface area contributed by atoms with Crippen LogP contribution in [-0.2, 0) is 6.54 Å². The molecule has 0 aromatic carbocycles. The van der Waals surface area contributed by atoms with Crippen LogP contribution in [0.25, 0.3) is 0 Å². The minimum absolute atomic E-state index is 0.191. The summed E-state index contributed by atoms with van der Waals surface area (Å²) in [7, 11) is 0. The van der Waals surface area contributed by atoms with Gasteiger partial charge in [0.25, 0.3) is 0 Å². The summed E-state index contributed by atoms with van der Waals surface area (Å²) in [4.78, 5) is 6.58. The topological polar surface area (TPSA) is 82.6 Å². The highest BCUT2D eigenvalue weighted by atomic mass is 16.5. The van der Waals surface area contributed by atoms with Crippen molar-refractivity contribution < 1.29 is 14.7 Å². The molecule has 0 radical (unpaired) electrons. The average molecular weight is 281 g/mol. The number of likely N-dealkylation sites (tertiary alicyclic amines) is 1. The van der Waals surface area contributed by atoms with Gasteiger partial charge in [0, 0.05) is 12.5 Å². The molecule has 2 fully saturated rings. The summed E-state index contributed by atoms with van der Waals surface area (Å²) in [5.74, 6) is 1.90. The Hall–Kier alpha value is -0.980. The molecule has 2 N–H and O–H groups in total. The number of β-amino-alcohol motifs (C(OH)–C–C–N with tert-alkyl or cyclic N) is 1. The third kappa shape index (κ3) is 3.02. The molecular weight excluding hydrogens is 258 g/mol. The highest BCUT2D eigenvalue weighted by Gasteiger charge is 2.33. The van der Waals surface area contributed by atoms with Crippen LogP contribution in [0.2, 0.25) is 0 Å². The number of aromatic nitrogens is 2. The van der Waals surface area contributed by atoms with Gasteiger partial charge in [-0.25, -0.2) is 0 Å². The maximum Gasteiger partial charge on any atom is 0.229 e. The smallest absolute Gasteiger partial charge is 0.229 e. The van der Waals surface area contributed by atoms with E-state index in [9.17, 15) is 10.2 Å². The van der Waals surface area contributed by atoms with Crippen molar-refractivity contribution in [3.05, 3.63) is 11.7 Å². The predicted octanol–water partition coefficient (Wildman–Crippen LogP) is 1.05. The summed E-state index contributed by atoms with van der Waals surface area (Å²) in [6.45, 7) is 1.76. The Morgan fingerprint density at radius 3 is 2.85 bits per heavy atom. The Morgan fingerprint density at radius 1 is 1.30 bits per heavy atom. The molecule has 2 aliphatic rings. The zero-order valence-electron chi connectivity index (χ0n) is 11.8. The minimum atomic E-state index is -0.976. The van der Waals surface area contributed by atoms with Gasteiger partial charge < -0.3 is 14.7 Å². The van der Waals surface area contributed by atoms with E-state index in [-0.39, 0.29) is 6.61 Å². The number of aliphatic hydroxyl groups is 2. The minimum Gasteiger partial charge on any atom is -0.393 e. The molecule has 0 spiro atoms. The molecule has 1 aromatic heterocycles. The van der Waals surface area contributed by atoms with E-state index in [1.807, 2.05) is 0 Å². The number of piperidine rings is 1. The van der Waals surface area contributed by atoms with Gasteiger partial charge >= 0.3 is 0 Å². The molecule has 1 aliphatic carbocycles. The lowest BCUT2D eigenvalue weighted by molar-refractivity contribution is -0.0692. The number of rotatable bonds is 4. The largest absolute Gasteiger partial charge is 0.393 e. The van der Waals surface area contributed by atoms with Crippen LogP contribution >= 0.6 is 0 Å². The first-order chi connectivity index (χ1) is 9.68. The molecule has 112 valence electrons.